The second kappa shape index (κ2) is 8.76. The third-order valence-corrected chi connectivity index (χ3v) is 3.96. The highest BCUT2D eigenvalue weighted by Gasteiger charge is 2.36. The summed E-state index contributed by atoms with van der Waals surface area (Å²) < 4.78 is 0. The van der Waals surface area contributed by atoms with Crippen molar-refractivity contribution in [3.8, 4) is 0 Å². The molecule has 0 saturated carbocycles. The Bertz CT molecular complexity index is 436. The maximum Gasteiger partial charge on any atom is 0.232 e. The fourth-order valence-corrected chi connectivity index (χ4v) is 2.67. The van der Waals surface area contributed by atoms with Gasteiger partial charge in [-0.15, -0.1) is 0 Å². The molecule has 0 spiro atoms. The smallest absolute Gasteiger partial charge is 0.232 e. The van der Waals surface area contributed by atoms with Gasteiger partial charge in [0.25, 0.3) is 0 Å². The highest BCUT2D eigenvalue weighted by molar-refractivity contribution is 6.03. The number of carbonyl (C=O) groups is 4. The summed E-state index contributed by atoms with van der Waals surface area (Å²) in [5.74, 6) is -0.959. The molecule has 2 aliphatic rings. The Morgan fingerprint density at radius 1 is 0.826 bits per heavy atom. The van der Waals surface area contributed by atoms with Crippen LogP contribution >= 0.6 is 0 Å². The number of rotatable bonds is 6. The van der Waals surface area contributed by atoms with Crippen LogP contribution in [0.2, 0.25) is 0 Å². The molecule has 2 fully saturated rings. The van der Waals surface area contributed by atoms with E-state index in [1.165, 1.54) is 9.80 Å². The molecular formula is C16H29N3O4. The number of hydrogen-bond donors (Lipinski definition) is 1. The van der Waals surface area contributed by atoms with E-state index in [9.17, 15) is 19.2 Å². The predicted molar refractivity (Wildman–Crippen MR) is 87.3 cm³/mol. The first-order valence-corrected chi connectivity index (χ1v) is 7.31. The van der Waals surface area contributed by atoms with E-state index in [-0.39, 0.29) is 63.2 Å². The second-order valence-corrected chi connectivity index (χ2v) is 5.73. The Hall–Kier alpha value is -1.76. The van der Waals surface area contributed by atoms with Gasteiger partial charge < -0.3 is 5.32 Å². The summed E-state index contributed by atoms with van der Waals surface area (Å²) in [6.45, 7) is 5.10. The molecule has 4 amide bonds. The zero-order valence-electron chi connectivity index (χ0n) is 12.4. The van der Waals surface area contributed by atoms with E-state index in [4.69, 9.17) is 0 Å². The molecule has 2 rings (SSSR count). The van der Waals surface area contributed by atoms with Gasteiger partial charge in [0.05, 0.1) is 0 Å². The number of likely N-dealkylation sites (tertiary alicyclic amines) is 2. The lowest BCUT2D eigenvalue weighted by Gasteiger charge is -2.17. The van der Waals surface area contributed by atoms with Gasteiger partial charge in [-0.1, -0.05) is 28.7 Å². The molecule has 2 saturated heterocycles. The van der Waals surface area contributed by atoms with Gasteiger partial charge >= 0.3 is 0 Å². The molecular weight excluding hydrogens is 298 g/mol. The van der Waals surface area contributed by atoms with Crippen LogP contribution < -0.4 is 5.32 Å². The molecule has 1 N–H and O–H groups in total. The van der Waals surface area contributed by atoms with Crippen molar-refractivity contribution in [2.24, 2.45) is 11.8 Å². The molecule has 2 unspecified atom stereocenters. The minimum absolute atomic E-state index is 0. The molecule has 0 bridgehead atoms. The number of nitrogens with one attached hydrogen (secondary N) is 1. The quantitative estimate of drug-likeness (QED) is 0.571. The summed E-state index contributed by atoms with van der Waals surface area (Å²) in [6, 6.07) is 0. The normalized spacial score (nSPS) is 24.1. The molecule has 0 aromatic carbocycles. The van der Waals surface area contributed by atoms with E-state index in [2.05, 4.69) is 5.32 Å². The van der Waals surface area contributed by atoms with Gasteiger partial charge in [0.2, 0.25) is 23.6 Å². The molecule has 0 aromatic rings. The number of imide groups is 2. The SMILES string of the molecule is C.C.CC1CC(=O)N(CCNCCN2C(=O)CC(C)C2=O)C1=O. The van der Waals surface area contributed by atoms with E-state index in [1.54, 1.807) is 13.8 Å². The summed E-state index contributed by atoms with van der Waals surface area (Å²) in [7, 11) is 0. The maximum atomic E-state index is 11.7. The van der Waals surface area contributed by atoms with Gasteiger partial charge in [-0.05, 0) is 0 Å². The molecule has 0 aromatic heterocycles. The number of nitrogens with zero attached hydrogens (tertiary/aromatic N) is 2. The number of hydrogen-bond acceptors (Lipinski definition) is 5. The maximum absolute atomic E-state index is 11.7. The van der Waals surface area contributed by atoms with E-state index in [0.29, 0.717) is 26.2 Å². The molecule has 7 heteroatoms. The van der Waals surface area contributed by atoms with Crippen LogP contribution in [0.4, 0.5) is 0 Å². The van der Waals surface area contributed by atoms with E-state index >= 15 is 0 Å². The van der Waals surface area contributed by atoms with Crippen LogP contribution in [0.25, 0.3) is 0 Å². The Kier molecular flexibility index (Phi) is 8.09. The second-order valence-electron chi connectivity index (χ2n) is 5.73. The molecule has 2 heterocycles. The van der Waals surface area contributed by atoms with Gasteiger partial charge in [0.1, 0.15) is 0 Å². The van der Waals surface area contributed by atoms with E-state index in [0.717, 1.165) is 0 Å². The average molecular weight is 327 g/mol. The summed E-state index contributed by atoms with van der Waals surface area (Å²) in [5, 5.41) is 3.06. The molecule has 7 nitrogen and oxygen atoms in total. The van der Waals surface area contributed by atoms with Gasteiger partial charge in [0.15, 0.2) is 0 Å². The van der Waals surface area contributed by atoms with Crippen LogP contribution in [0.15, 0.2) is 0 Å². The zero-order valence-corrected chi connectivity index (χ0v) is 12.4. The lowest BCUT2D eigenvalue weighted by molar-refractivity contribution is -0.140. The van der Waals surface area contributed by atoms with Gasteiger partial charge in [-0.2, -0.15) is 0 Å². The fourth-order valence-electron chi connectivity index (χ4n) is 2.67. The minimum Gasteiger partial charge on any atom is -0.313 e. The van der Waals surface area contributed by atoms with Gasteiger partial charge in [-0.3, -0.25) is 29.0 Å². The number of carbonyl (C=O) groups excluding carboxylic acids is 4. The van der Waals surface area contributed by atoms with Crippen molar-refractivity contribution in [2.45, 2.75) is 41.5 Å². The lowest BCUT2D eigenvalue weighted by Crippen LogP contribution is -2.40. The first-order valence-electron chi connectivity index (χ1n) is 7.31. The van der Waals surface area contributed by atoms with Crippen molar-refractivity contribution in [2.75, 3.05) is 26.2 Å². The molecule has 2 atom stereocenters. The van der Waals surface area contributed by atoms with Crippen molar-refractivity contribution in [3.05, 3.63) is 0 Å². The van der Waals surface area contributed by atoms with Gasteiger partial charge in [0, 0.05) is 50.9 Å². The highest BCUT2D eigenvalue weighted by Crippen LogP contribution is 2.18. The van der Waals surface area contributed by atoms with Crippen LogP contribution in [-0.4, -0.2) is 59.6 Å². The molecule has 0 aliphatic carbocycles. The van der Waals surface area contributed by atoms with Crippen LogP contribution in [0, 0.1) is 11.8 Å². The minimum atomic E-state index is -0.223. The van der Waals surface area contributed by atoms with E-state index in [1.807, 2.05) is 0 Å². The van der Waals surface area contributed by atoms with E-state index < -0.39 is 0 Å². The summed E-state index contributed by atoms with van der Waals surface area (Å²) in [5.41, 5.74) is 0. The predicted octanol–water partition coefficient (Wildman–Crippen LogP) is 0.638. The molecule has 2 aliphatic heterocycles. The highest BCUT2D eigenvalue weighted by atomic mass is 16.2. The lowest BCUT2D eigenvalue weighted by atomic mass is 10.1. The van der Waals surface area contributed by atoms with Crippen molar-refractivity contribution >= 4 is 23.6 Å². The van der Waals surface area contributed by atoms with Crippen molar-refractivity contribution in [1.82, 2.24) is 15.1 Å². The standard InChI is InChI=1S/C14H21N3O4.2CH4/c1-9-7-11(18)16(13(9)20)5-3-15-4-6-17-12(19)8-10(2)14(17)21;;/h9-10,15H,3-8H2,1-2H3;2*1H4. The average Bonchev–Trinajstić information content (AvgIpc) is 2.80. The Morgan fingerprint density at radius 3 is 1.43 bits per heavy atom. The molecule has 23 heavy (non-hydrogen) atoms. The van der Waals surface area contributed by atoms with Crippen LogP contribution in [0.3, 0.4) is 0 Å². The first-order chi connectivity index (χ1) is 9.91. The summed E-state index contributed by atoms with van der Waals surface area (Å²) in [4.78, 5) is 49.1. The molecule has 132 valence electrons. The topological polar surface area (TPSA) is 86.8 Å². The third-order valence-electron chi connectivity index (χ3n) is 3.96. The largest absolute Gasteiger partial charge is 0.313 e. The summed E-state index contributed by atoms with van der Waals surface area (Å²) >= 11 is 0. The first kappa shape index (κ1) is 21.2. The zero-order chi connectivity index (χ0) is 15.6. The van der Waals surface area contributed by atoms with Crippen LogP contribution in [-0.2, 0) is 19.2 Å². The molecule has 0 radical (unpaired) electrons. The van der Waals surface area contributed by atoms with Crippen LogP contribution in [0.5, 0.6) is 0 Å². The third kappa shape index (κ3) is 4.60. The number of amides is 4. The Labute approximate surface area is 138 Å². The van der Waals surface area contributed by atoms with Gasteiger partial charge in [-0.25, -0.2) is 0 Å². The summed E-state index contributed by atoms with van der Waals surface area (Å²) in [6.07, 6.45) is 0.570. The van der Waals surface area contributed by atoms with Crippen LogP contribution in [0.1, 0.15) is 41.5 Å². The Balaban J connectivity index is 0.00000242. The monoisotopic (exact) mass is 327 g/mol. The van der Waals surface area contributed by atoms with Crippen molar-refractivity contribution < 1.29 is 19.2 Å². The Morgan fingerprint density at radius 2 is 1.17 bits per heavy atom. The van der Waals surface area contributed by atoms with Crippen molar-refractivity contribution in [3.63, 3.8) is 0 Å². The van der Waals surface area contributed by atoms with Crippen molar-refractivity contribution in [1.29, 1.82) is 0 Å². The fraction of sp³-hybridized carbons (Fsp3) is 0.750.